The summed E-state index contributed by atoms with van der Waals surface area (Å²) in [5.74, 6) is 1.37. The quantitative estimate of drug-likeness (QED) is 0.673. The summed E-state index contributed by atoms with van der Waals surface area (Å²) in [6, 6.07) is 12.7. The second-order valence-corrected chi connectivity index (χ2v) is 6.08. The van der Waals surface area contributed by atoms with E-state index in [4.69, 9.17) is 14.5 Å². The fraction of sp³-hybridized carbons (Fsp3) is 0.286. The van der Waals surface area contributed by atoms with E-state index >= 15 is 0 Å². The van der Waals surface area contributed by atoms with Crippen LogP contribution in [0.4, 0.5) is 11.5 Å². The lowest BCUT2D eigenvalue weighted by molar-refractivity contribution is 0.102. The standard InChI is InChI=1S/C21H24N4O3/c1-5-25(6-2)20-19(22-15-9-7-8-10-16(15)23-20)21(26)24-17-12-11-14(27-3)13-18(17)28-4/h7-13H,5-6H2,1-4H3,(H,24,26). The molecule has 7 nitrogen and oxygen atoms in total. The number of para-hydroxylation sites is 2. The van der Waals surface area contributed by atoms with Crippen molar-refractivity contribution in [1.82, 2.24) is 9.97 Å². The number of carbonyl (C=O) groups is 1. The van der Waals surface area contributed by atoms with Crippen molar-refractivity contribution in [3.63, 3.8) is 0 Å². The van der Waals surface area contributed by atoms with Crippen LogP contribution in [0.2, 0.25) is 0 Å². The highest BCUT2D eigenvalue weighted by molar-refractivity contribution is 6.07. The fourth-order valence-corrected chi connectivity index (χ4v) is 2.97. The van der Waals surface area contributed by atoms with Crippen LogP contribution in [0.1, 0.15) is 24.3 Å². The van der Waals surface area contributed by atoms with Gasteiger partial charge in [0.1, 0.15) is 11.5 Å². The first-order valence-electron chi connectivity index (χ1n) is 9.16. The molecule has 7 heteroatoms. The number of hydrogen-bond acceptors (Lipinski definition) is 6. The molecule has 0 fully saturated rings. The Balaban J connectivity index is 2.04. The minimum Gasteiger partial charge on any atom is -0.497 e. The molecular formula is C21H24N4O3. The lowest BCUT2D eigenvalue weighted by Gasteiger charge is -2.22. The second-order valence-electron chi connectivity index (χ2n) is 6.08. The molecule has 28 heavy (non-hydrogen) atoms. The maximum atomic E-state index is 13.1. The van der Waals surface area contributed by atoms with Crippen LogP contribution in [-0.2, 0) is 0 Å². The molecule has 0 bridgehead atoms. The van der Waals surface area contributed by atoms with Crippen LogP contribution in [0.25, 0.3) is 11.0 Å². The highest BCUT2D eigenvalue weighted by Crippen LogP contribution is 2.30. The summed E-state index contributed by atoms with van der Waals surface area (Å²) in [7, 11) is 3.12. The first-order chi connectivity index (χ1) is 13.6. The predicted molar refractivity (Wildman–Crippen MR) is 111 cm³/mol. The molecule has 0 aliphatic heterocycles. The molecule has 1 heterocycles. The van der Waals surface area contributed by atoms with Gasteiger partial charge in [-0.3, -0.25) is 4.79 Å². The molecule has 1 aromatic heterocycles. The molecule has 3 aromatic rings. The molecule has 0 saturated carbocycles. The van der Waals surface area contributed by atoms with Crippen molar-refractivity contribution in [1.29, 1.82) is 0 Å². The predicted octanol–water partition coefficient (Wildman–Crippen LogP) is 3.75. The monoisotopic (exact) mass is 380 g/mol. The summed E-state index contributed by atoms with van der Waals surface area (Å²) in [6.45, 7) is 5.48. The molecule has 0 aliphatic carbocycles. The van der Waals surface area contributed by atoms with E-state index in [2.05, 4.69) is 10.3 Å². The smallest absolute Gasteiger partial charge is 0.278 e. The minimum absolute atomic E-state index is 0.278. The Bertz CT molecular complexity index is 987. The van der Waals surface area contributed by atoms with Crippen LogP contribution in [0.15, 0.2) is 42.5 Å². The summed E-state index contributed by atoms with van der Waals surface area (Å²) in [5.41, 5.74) is 2.24. The van der Waals surface area contributed by atoms with E-state index in [1.165, 1.54) is 0 Å². The van der Waals surface area contributed by atoms with Crippen LogP contribution < -0.4 is 19.7 Å². The van der Waals surface area contributed by atoms with Gasteiger partial charge in [-0.15, -0.1) is 0 Å². The molecule has 0 spiro atoms. The minimum atomic E-state index is -0.344. The van der Waals surface area contributed by atoms with Crippen molar-refractivity contribution in [3.05, 3.63) is 48.2 Å². The molecular weight excluding hydrogens is 356 g/mol. The van der Waals surface area contributed by atoms with Crippen molar-refractivity contribution in [2.45, 2.75) is 13.8 Å². The van der Waals surface area contributed by atoms with Gasteiger partial charge >= 0.3 is 0 Å². The van der Waals surface area contributed by atoms with Crippen LogP contribution in [-0.4, -0.2) is 43.2 Å². The van der Waals surface area contributed by atoms with Crippen LogP contribution in [0.3, 0.4) is 0 Å². The first kappa shape index (κ1) is 19.4. The Kier molecular flexibility index (Phi) is 5.93. The fourth-order valence-electron chi connectivity index (χ4n) is 2.97. The van der Waals surface area contributed by atoms with Gasteiger partial charge in [0.15, 0.2) is 11.5 Å². The number of nitrogens with one attached hydrogen (secondary N) is 1. The van der Waals surface area contributed by atoms with E-state index in [0.29, 0.717) is 28.5 Å². The topological polar surface area (TPSA) is 76.6 Å². The van der Waals surface area contributed by atoms with Gasteiger partial charge in [-0.1, -0.05) is 12.1 Å². The number of fused-ring (bicyclic) bond motifs is 1. The lowest BCUT2D eigenvalue weighted by Crippen LogP contribution is -2.28. The van der Waals surface area contributed by atoms with Gasteiger partial charge in [0.2, 0.25) is 0 Å². The van der Waals surface area contributed by atoms with Gasteiger partial charge in [-0.05, 0) is 38.1 Å². The van der Waals surface area contributed by atoms with E-state index in [-0.39, 0.29) is 11.6 Å². The number of anilines is 2. The van der Waals surface area contributed by atoms with E-state index < -0.39 is 0 Å². The molecule has 0 saturated heterocycles. The third kappa shape index (κ3) is 3.83. The summed E-state index contributed by atoms with van der Waals surface area (Å²) >= 11 is 0. The molecule has 0 atom stereocenters. The summed E-state index contributed by atoms with van der Waals surface area (Å²) in [4.78, 5) is 24.4. The van der Waals surface area contributed by atoms with Gasteiger partial charge < -0.3 is 19.7 Å². The van der Waals surface area contributed by atoms with Crippen molar-refractivity contribution < 1.29 is 14.3 Å². The molecule has 0 unspecified atom stereocenters. The highest BCUT2D eigenvalue weighted by Gasteiger charge is 2.21. The average molecular weight is 380 g/mol. The van der Waals surface area contributed by atoms with Gasteiger partial charge in [0, 0.05) is 19.2 Å². The number of ether oxygens (including phenoxy) is 2. The van der Waals surface area contributed by atoms with Gasteiger partial charge in [0.25, 0.3) is 5.91 Å². The zero-order valence-electron chi connectivity index (χ0n) is 16.5. The van der Waals surface area contributed by atoms with Gasteiger partial charge in [0.05, 0.1) is 30.9 Å². The summed E-state index contributed by atoms with van der Waals surface area (Å²) in [6.07, 6.45) is 0. The molecule has 146 valence electrons. The third-order valence-electron chi connectivity index (χ3n) is 4.49. The average Bonchev–Trinajstić information content (AvgIpc) is 2.74. The van der Waals surface area contributed by atoms with Crippen molar-refractivity contribution in [3.8, 4) is 11.5 Å². The Labute approximate surface area is 164 Å². The number of nitrogens with zero attached hydrogens (tertiary/aromatic N) is 3. The van der Waals surface area contributed by atoms with Crippen molar-refractivity contribution in [2.75, 3.05) is 37.5 Å². The van der Waals surface area contributed by atoms with E-state index in [9.17, 15) is 4.79 Å². The van der Waals surface area contributed by atoms with Crippen molar-refractivity contribution >= 4 is 28.4 Å². The number of rotatable bonds is 7. The molecule has 0 aliphatic rings. The first-order valence-corrected chi connectivity index (χ1v) is 9.16. The Morgan fingerprint density at radius 1 is 1.00 bits per heavy atom. The maximum absolute atomic E-state index is 13.1. The zero-order chi connectivity index (χ0) is 20.1. The second kappa shape index (κ2) is 8.56. The number of methoxy groups -OCH3 is 2. The molecule has 1 N–H and O–H groups in total. The number of aromatic nitrogens is 2. The van der Waals surface area contributed by atoms with E-state index in [1.54, 1.807) is 32.4 Å². The lowest BCUT2D eigenvalue weighted by atomic mass is 10.2. The molecule has 2 aromatic carbocycles. The van der Waals surface area contributed by atoms with Crippen LogP contribution in [0, 0.1) is 0 Å². The van der Waals surface area contributed by atoms with Gasteiger partial charge in [-0.2, -0.15) is 0 Å². The Morgan fingerprint density at radius 3 is 2.29 bits per heavy atom. The third-order valence-corrected chi connectivity index (χ3v) is 4.49. The largest absolute Gasteiger partial charge is 0.497 e. The van der Waals surface area contributed by atoms with Crippen LogP contribution in [0.5, 0.6) is 11.5 Å². The van der Waals surface area contributed by atoms with Gasteiger partial charge in [-0.25, -0.2) is 9.97 Å². The van der Waals surface area contributed by atoms with Crippen LogP contribution >= 0.6 is 0 Å². The van der Waals surface area contributed by atoms with Crippen molar-refractivity contribution in [2.24, 2.45) is 0 Å². The maximum Gasteiger partial charge on any atom is 0.278 e. The Morgan fingerprint density at radius 2 is 1.68 bits per heavy atom. The molecule has 0 radical (unpaired) electrons. The highest BCUT2D eigenvalue weighted by atomic mass is 16.5. The number of amides is 1. The number of carbonyl (C=O) groups excluding carboxylic acids is 1. The molecule has 1 amide bonds. The summed E-state index contributed by atoms with van der Waals surface area (Å²) in [5, 5.41) is 2.89. The van der Waals surface area contributed by atoms with E-state index in [0.717, 1.165) is 18.6 Å². The summed E-state index contributed by atoms with van der Waals surface area (Å²) < 4.78 is 10.6. The normalized spacial score (nSPS) is 10.6. The SMILES string of the molecule is CCN(CC)c1nc2ccccc2nc1C(=O)Nc1ccc(OC)cc1OC. The number of benzene rings is 2. The number of hydrogen-bond donors (Lipinski definition) is 1. The van der Waals surface area contributed by atoms with E-state index in [1.807, 2.05) is 43.0 Å². The molecule has 3 rings (SSSR count). The Hall–Kier alpha value is -3.35. The zero-order valence-corrected chi connectivity index (χ0v) is 16.5.